The highest BCUT2D eigenvalue weighted by molar-refractivity contribution is 5.98. The molecule has 3 aromatic heterocycles. The largest absolute Gasteiger partial charge is 0.456 e. The number of halogens is 2. The fourth-order valence-corrected chi connectivity index (χ4v) is 2.91. The van der Waals surface area contributed by atoms with Gasteiger partial charge < -0.3 is 14.1 Å². The van der Waals surface area contributed by atoms with Crippen molar-refractivity contribution in [2.45, 2.75) is 26.4 Å². The lowest BCUT2D eigenvalue weighted by Crippen LogP contribution is -2.01. The van der Waals surface area contributed by atoms with Crippen LogP contribution in [0.4, 0.5) is 8.78 Å². The van der Waals surface area contributed by atoms with E-state index in [-0.39, 0.29) is 17.3 Å². The Morgan fingerprint density at radius 2 is 2.00 bits per heavy atom. The van der Waals surface area contributed by atoms with Crippen LogP contribution in [0.15, 0.2) is 40.9 Å². The van der Waals surface area contributed by atoms with Gasteiger partial charge in [0.2, 0.25) is 0 Å². The van der Waals surface area contributed by atoms with E-state index in [0.717, 1.165) is 11.1 Å². The van der Waals surface area contributed by atoms with Crippen molar-refractivity contribution in [3.05, 3.63) is 42.3 Å². The Bertz CT molecular complexity index is 1020. The van der Waals surface area contributed by atoms with Crippen LogP contribution in [0, 0.1) is 0 Å². The van der Waals surface area contributed by atoms with Crippen LogP contribution < -0.4 is 4.74 Å². The molecule has 0 saturated heterocycles. The highest BCUT2D eigenvalue weighted by Crippen LogP contribution is 2.41. The summed E-state index contributed by atoms with van der Waals surface area (Å²) >= 11 is 0. The predicted octanol–water partition coefficient (Wildman–Crippen LogP) is 5.10. The summed E-state index contributed by atoms with van der Waals surface area (Å²) in [6.45, 7) is 1.02. The first-order valence-corrected chi connectivity index (χ1v) is 7.86. The number of hydrogen-bond acceptors (Lipinski definition) is 4. The van der Waals surface area contributed by atoms with Crippen LogP contribution in [0.25, 0.3) is 33.5 Å². The van der Waals surface area contributed by atoms with Crippen LogP contribution in [0.3, 0.4) is 0 Å². The van der Waals surface area contributed by atoms with Gasteiger partial charge >= 0.3 is 6.61 Å². The molecule has 0 amide bonds. The van der Waals surface area contributed by atoms with E-state index in [4.69, 9.17) is 4.42 Å². The molecule has 4 aromatic rings. The Morgan fingerprint density at radius 3 is 2.72 bits per heavy atom. The number of nitrogens with one attached hydrogen (secondary N) is 1. The van der Waals surface area contributed by atoms with E-state index in [1.54, 1.807) is 18.3 Å². The second kappa shape index (κ2) is 5.84. The fourth-order valence-electron chi connectivity index (χ4n) is 2.91. The van der Waals surface area contributed by atoms with Crippen molar-refractivity contribution in [1.82, 2.24) is 15.0 Å². The Morgan fingerprint density at radius 1 is 1.16 bits per heavy atom. The Labute approximate surface area is 141 Å². The van der Waals surface area contributed by atoms with E-state index >= 15 is 0 Å². The van der Waals surface area contributed by atoms with E-state index < -0.39 is 6.61 Å². The summed E-state index contributed by atoms with van der Waals surface area (Å²) in [6.07, 6.45) is 1.67. The third-order valence-corrected chi connectivity index (χ3v) is 3.94. The summed E-state index contributed by atoms with van der Waals surface area (Å²) < 4.78 is 35.9. The fraction of sp³-hybridized carbons (Fsp3) is 0.222. The van der Waals surface area contributed by atoms with E-state index in [1.165, 1.54) is 6.07 Å². The maximum atomic E-state index is 12.7. The van der Waals surface area contributed by atoms with Crippen molar-refractivity contribution in [1.29, 1.82) is 0 Å². The first kappa shape index (κ1) is 15.6. The van der Waals surface area contributed by atoms with Crippen molar-refractivity contribution < 1.29 is 17.9 Å². The predicted molar refractivity (Wildman–Crippen MR) is 89.8 cm³/mol. The number of pyridine rings is 1. The molecule has 0 spiro atoms. The molecule has 25 heavy (non-hydrogen) atoms. The number of imidazole rings is 1. The number of rotatable bonds is 4. The standard InChI is InChI=1S/C18H15F2N3O2/c1-9(2)14-13(17-22-11-6-4-8-21-16(11)23-17)10-5-3-7-12(15(10)25-14)24-18(19)20/h3-9,18H,1-2H3,(H,21,22,23). The first-order valence-electron chi connectivity index (χ1n) is 7.86. The number of para-hydroxylation sites is 1. The molecule has 0 fully saturated rings. The lowest BCUT2D eigenvalue weighted by molar-refractivity contribution is -0.0494. The summed E-state index contributed by atoms with van der Waals surface area (Å²) in [4.78, 5) is 12.0. The minimum atomic E-state index is -2.92. The molecule has 1 N–H and O–H groups in total. The average Bonchev–Trinajstić information content (AvgIpc) is 3.15. The molecule has 0 saturated carbocycles. The number of benzene rings is 1. The monoisotopic (exact) mass is 343 g/mol. The molecule has 128 valence electrons. The Kier molecular flexibility index (Phi) is 3.63. The second-order valence-electron chi connectivity index (χ2n) is 5.97. The number of alkyl halides is 2. The van der Waals surface area contributed by atoms with Crippen LogP contribution in [-0.2, 0) is 0 Å². The maximum Gasteiger partial charge on any atom is 0.387 e. The topological polar surface area (TPSA) is 63.9 Å². The van der Waals surface area contributed by atoms with Gasteiger partial charge in [0.05, 0.1) is 11.1 Å². The van der Waals surface area contributed by atoms with Crippen molar-refractivity contribution in [3.63, 3.8) is 0 Å². The average molecular weight is 343 g/mol. The molecule has 0 aliphatic heterocycles. The van der Waals surface area contributed by atoms with Gasteiger partial charge in [-0.15, -0.1) is 0 Å². The maximum absolute atomic E-state index is 12.7. The zero-order valence-electron chi connectivity index (χ0n) is 13.6. The molecule has 0 aliphatic carbocycles. The number of aromatic amines is 1. The molecule has 0 bridgehead atoms. The summed E-state index contributed by atoms with van der Waals surface area (Å²) in [5, 5.41) is 0.668. The Hall–Kier alpha value is -2.96. The number of fused-ring (bicyclic) bond motifs is 2. The molecular weight excluding hydrogens is 328 g/mol. The summed E-state index contributed by atoms with van der Waals surface area (Å²) in [5.74, 6) is 1.28. The number of hydrogen-bond donors (Lipinski definition) is 1. The number of furan rings is 1. The number of aromatic nitrogens is 3. The number of ether oxygens (including phenoxy) is 1. The van der Waals surface area contributed by atoms with Crippen molar-refractivity contribution in [2.24, 2.45) is 0 Å². The molecule has 1 aromatic carbocycles. The summed E-state index contributed by atoms with van der Waals surface area (Å²) in [6, 6.07) is 8.62. The van der Waals surface area contributed by atoms with Crippen LogP contribution in [0.5, 0.6) is 5.75 Å². The van der Waals surface area contributed by atoms with E-state index in [2.05, 4.69) is 19.7 Å². The molecule has 0 unspecified atom stereocenters. The molecule has 0 atom stereocenters. The van der Waals surface area contributed by atoms with Gasteiger partial charge in [-0.25, -0.2) is 9.97 Å². The molecule has 4 rings (SSSR count). The minimum Gasteiger partial charge on any atom is -0.456 e. The number of nitrogens with zero attached hydrogens (tertiary/aromatic N) is 2. The van der Waals surface area contributed by atoms with Gasteiger partial charge in [-0.2, -0.15) is 8.78 Å². The van der Waals surface area contributed by atoms with Gasteiger partial charge in [-0.1, -0.05) is 26.0 Å². The van der Waals surface area contributed by atoms with Crippen LogP contribution in [0.1, 0.15) is 25.5 Å². The van der Waals surface area contributed by atoms with Crippen molar-refractivity contribution in [3.8, 4) is 17.1 Å². The zero-order valence-corrected chi connectivity index (χ0v) is 13.6. The third-order valence-electron chi connectivity index (χ3n) is 3.94. The molecule has 5 nitrogen and oxygen atoms in total. The van der Waals surface area contributed by atoms with E-state index in [1.807, 2.05) is 26.0 Å². The van der Waals surface area contributed by atoms with Gasteiger partial charge in [0.25, 0.3) is 0 Å². The lowest BCUT2D eigenvalue weighted by atomic mass is 10.0. The molecule has 0 radical (unpaired) electrons. The smallest absolute Gasteiger partial charge is 0.387 e. The second-order valence-corrected chi connectivity index (χ2v) is 5.97. The van der Waals surface area contributed by atoms with Gasteiger partial charge in [0, 0.05) is 17.5 Å². The summed E-state index contributed by atoms with van der Waals surface area (Å²) in [5.41, 5.74) is 2.40. The van der Waals surface area contributed by atoms with Gasteiger partial charge in [-0.3, -0.25) is 0 Å². The SMILES string of the molecule is CC(C)c1oc2c(OC(F)F)cccc2c1-c1nc2ncccc2[nH]1. The quantitative estimate of drug-likeness (QED) is 0.560. The van der Waals surface area contributed by atoms with Crippen molar-refractivity contribution in [2.75, 3.05) is 0 Å². The number of H-pyrrole nitrogens is 1. The van der Waals surface area contributed by atoms with Crippen LogP contribution in [-0.4, -0.2) is 21.6 Å². The molecular formula is C18H15F2N3O2. The van der Waals surface area contributed by atoms with Gasteiger partial charge in [-0.05, 0) is 18.2 Å². The van der Waals surface area contributed by atoms with Crippen molar-refractivity contribution >= 4 is 22.1 Å². The van der Waals surface area contributed by atoms with Gasteiger partial charge in [0.15, 0.2) is 17.0 Å². The van der Waals surface area contributed by atoms with Gasteiger partial charge in [0.1, 0.15) is 11.6 Å². The summed E-state index contributed by atoms with van der Waals surface area (Å²) in [7, 11) is 0. The van der Waals surface area contributed by atoms with E-state index in [0.29, 0.717) is 22.6 Å². The molecule has 0 aliphatic rings. The zero-order chi connectivity index (χ0) is 17.6. The molecule has 7 heteroatoms. The van der Waals surface area contributed by atoms with E-state index in [9.17, 15) is 8.78 Å². The Balaban J connectivity index is 1.99. The highest BCUT2D eigenvalue weighted by atomic mass is 19.3. The highest BCUT2D eigenvalue weighted by Gasteiger charge is 2.24. The lowest BCUT2D eigenvalue weighted by Gasteiger charge is -2.04. The van der Waals surface area contributed by atoms with Crippen LogP contribution in [0.2, 0.25) is 0 Å². The third kappa shape index (κ3) is 2.61. The normalized spacial score (nSPS) is 11.9. The minimum absolute atomic E-state index is 0.00915. The molecule has 3 heterocycles. The first-order chi connectivity index (χ1) is 12.0. The van der Waals surface area contributed by atoms with Crippen LogP contribution >= 0.6 is 0 Å².